The molecule has 0 spiro atoms. The summed E-state index contributed by atoms with van der Waals surface area (Å²) < 4.78 is 2.25. The molecule has 7 heteroatoms. The second kappa shape index (κ2) is 10.1. The third kappa shape index (κ3) is 4.86. The summed E-state index contributed by atoms with van der Waals surface area (Å²) in [6.45, 7) is 6.57. The monoisotopic (exact) mass is 350 g/mol. The first kappa shape index (κ1) is 21.2. The SMILES string of the molecule is CCc1nccn1C1CCCN(C(=O)C(C)CNC)C1.Cl.Cl. The third-order valence-electron chi connectivity index (χ3n) is 4.10. The van der Waals surface area contributed by atoms with E-state index in [0.29, 0.717) is 6.04 Å². The van der Waals surface area contributed by atoms with E-state index in [4.69, 9.17) is 0 Å². The van der Waals surface area contributed by atoms with Crippen LogP contribution < -0.4 is 5.32 Å². The summed E-state index contributed by atoms with van der Waals surface area (Å²) in [6, 6.07) is 0.381. The third-order valence-corrected chi connectivity index (χ3v) is 4.10. The first-order valence-electron chi connectivity index (χ1n) is 7.62. The Labute approximate surface area is 145 Å². The second-order valence-corrected chi connectivity index (χ2v) is 5.64. The van der Waals surface area contributed by atoms with Gasteiger partial charge in [0.2, 0.25) is 5.91 Å². The minimum atomic E-state index is 0. The number of aromatic nitrogens is 2. The highest BCUT2D eigenvalue weighted by molar-refractivity contribution is 5.85. The van der Waals surface area contributed by atoms with Crippen LogP contribution in [0.5, 0.6) is 0 Å². The Morgan fingerprint density at radius 1 is 1.50 bits per heavy atom. The number of likely N-dealkylation sites (tertiary alicyclic amines) is 1. The summed E-state index contributed by atoms with van der Waals surface area (Å²) in [7, 11) is 1.89. The Kier molecular flexibility index (Phi) is 9.72. The van der Waals surface area contributed by atoms with Crippen LogP contribution in [0.3, 0.4) is 0 Å². The van der Waals surface area contributed by atoms with Crippen molar-refractivity contribution in [2.24, 2.45) is 5.92 Å². The Morgan fingerprint density at radius 2 is 2.23 bits per heavy atom. The van der Waals surface area contributed by atoms with Crippen molar-refractivity contribution in [3.8, 4) is 0 Å². The molecule has 1 aromatic heterocycles. The van der Waals surface area contributed by atoms with Crippen LogP contribution in [0.15, 0.2) is 12.4 Å². The molecule has 1 aliphatic heterocycles. The maximum absolute atomic E-state index is 12.4. The number of imidazole rings is 1. The number of hydrogen-bond donors (Lipinski definition) is 1. The highest BCUT2D eigenvalue weighted by Gasteiger charge is 2.27. The molecule has 0 saturated carbocycles. The first-order valence-corrected chi connectivity index (χ1v) is 7.62. The fourth-order valence-corrected chi connectivity index (χ4v) is 3.04. The molecular weight excluding hydrogens is 323 g/mol. The molecule has 2 unspecified atom stereocenters. The number of nitrogens with one attached hydrogen (secondary N) is 1. The zero-order valence-electron chi connectivity index (χ0n) is 13.6. The number of nitrogens with zero attached hydrogens (tertiary/aromatic N) is 3. The summed E-state index contributed by atoms with van der Waals surface area (Å²) in [5, 5.41) is 3.08. The molecule has 1 aromatic rings. The second-order valence-electron chi connectivity index (χ2n) is 5.64. The van der Waals surface area contributed by atoms with E-state index in [1.807, 2.05) is 25.1 Å². The number of carbonyl (C=O) groups is 1. The summed E-state index contributed by atoms with van der Waals surface area (Å²) >= 11 is 0. The van der Waals surface area contributed by atoms with Crippen molar-refractivity contribution in [1.82, 2.24) is 19.8 Å². The van der Waals surface area contributed by atoms with Crippen LogP contribution in [0.2, 0.25) is 0 Å². The smallest absolute Gasteiger partial charge is 0.226 e. The Morgan fingerprint density at radius 3 is 2.86 bits per heavy atom. The number of rotatable bonds is 5. The van der Waals surface area contributed by atoms with E-state index >= 15 is 0 Å². The molecule has 0 aliphatic carbocycles. The first-order chi connectivity index (χ1) is 9.67. The van der Waals surface area contributed by atoms with E-state index in [1.54, 1.807) is 0 Å². The lowest BCUT2D eigenvalue weighted by Gasteiger charge is -2.35. The van der Waals surface area contributed by atoms with Gasteiger partial charge in [-0.05, 0) is 19.9 Å². The van der Waals surface area contributed by atoms with Gasteiger partial charge >= 0.3 is 0 Å². The van der Waals surface area contributed by atoms with Gasteiger partial charge in [-0.3, -0.25) is 4.79 Å². The van der Waals surface area contributed by atoms with Gasteiger partial charge in [0.15, 0.2) is 0 Å². The summed E-state index contributed by atoms with van der Waals surface area (Å²) in [5.74, 6) is 1.43. The average molecular weight is 351 g/mol. The molecule has 0 radical (unpaired) electrons. The number of amides is 1. The minimum Gasteiger partial charge on any atom is -0.340 e. The summed E-state index contributed by atoms with van der Waals surface area (Å²) in [6.07, 6.45) is 7.06. The standard InChI is InChI=1S/C15H26N4O.2ClH/c1-4-14-17-7-9-19(14)13-6-5-8-18(11-13)15(20)12(2)10-16-3;;/h7,9,12-13,16H,4-6,8,10-11H2,1-3H3;2*1H. The molecular formula is C15H28Cl2N4O. The van der Waals surface area contributed by atoms with E-state index in [0.717, 1.165) is 44.7 Å². The average Bonchev–Trinajstić information content (AvgIpc) is 2.95. The van der Waals surface area contributed by atoms with Crippen molar-refractivity contribution in [1.29, 1.82) is 0 Å². The molecule has 1 fully saturated rings. The number of hydrogen-bond acceptors (Lipinski definition) is 3. The van der Waals surface area contributed by atoms with Gasteiger partial charge in [0.05, 0.1) is 6.04 Å². The van der Waals surface area contributed by atoms with Gasteiger partial charge in [0.1, 0.15) is 5.82 Å². The van der Waals surface area contributed by atoms with Crippen molar-refractivity contribution in [3.63, 3.8) is 0 Å². The molecule has 128 valence electrons. The fourth-order valence-electron chi connectivity index (χ4n) is 3.04. The van der Waals surface area contributed by atoms with E-state index in [2.05, 4.69) is 28.0 Å². The van der Waals surface area contributed by atoms with E-state index in [-0.39, 0.29) is 36.6 Å². The van der Waals surface area contributed by atoms with Gasteiger partial charge in [-0.2, -0.15) is 0 Å². The molecule has 0 bridgehead atoms. The van der Waals surface area contributed by atoms with Crippen molar-refractivity contribution >= 4 is 30.7 Å². The number of aryl methyl sites for hydroxylation is 1. The van der Waals surface area contributed by atoms with Crippen LogP contribution >= 0.6 is 24.8 Å². The van der Waals surface area contributed by atoms with Gasteiger partial charge in [0.25, 0.3) is 0 Å². The van der Waals surface area contributed by atoms with Gasteiger partial charge in [-0.1, -0.05) is 13.8 Å². The van der Waals surface area contributed by atoms with E-state index in [9.17, 15) is 4.79 Å². The van der Waals surface area contributed by atoms with Crippen LogP contribution in [0, 0.1) is 5.92 Å². The van der Waals surface area contributed by atoms with E-state index < -0.39 is 0 Å². The fraction of sp³-hybridized carbons (Fsp3) is 0.733. The molecule has 1 amide bonds. The van der Waals surface area contributed by atoms with Crippen LogP contribution in [0.25, 0.3) is 0 Å². The lowest BCUT2D eigenvalue weighted by molar-refractivity contribution is -0.136. The number of piperidine rings is 1. The van der Waals surface area contributed by atoms with E-state index in [1.165, 1.54) is 0 Å². The molecule has 2 rings (SSSR count). The maximum Gasteiger partial charge on any atom is 0.226 e. The Bertz CT molecular complexity index is 453. The topological polar surface area (TPSA) is 50.2 Å². The molecule has 1 saturated heterocycles. The molecule has 22 heavy (non-hydrogen) atoms. The van der Waals surface area contributed by atoms with Gasteiger partial charge in [0, 0.05) is 44.4 Å². The largest absolute Gasteiger partial charge is 0.340 e. The molecule has 1 N–H and O–H groups in total. The molecule has 2 heterocycles. The number of halogens is 2. The van der Waals surface area contributed by atoms with Gasteiger partial charge in [-0.25, -0.2) is 4.98 Å². The normalized spacial score (nSPS) is 19.0. The van der Waals surface area contributed by atoms with Crippen molar-refractivity contribution in [2.45, 2.75) is 39.2 Å². The minimum absolute atomic E-state index is 0. The zero-order chi connectivity index (χ0) is 14.5. The summed E-state index contributed by atoms with van der Waals surface area (Å²) in [4.78, 5) is 18.8. The van der Waals surface area contributed by atoms with Crippen LogP contribution in [-0.2, 0) is 11.2 Å². The maximum atomic E-state index is 12.4. The molecule has 2 atom stereocenters. The van der Waals surface area contributed by atoms with Crippen LogP contribution in [0.4, 0.5) is 0 Å². The highest BCUT2D eigenvalue weighted by Crippen LogP contribution is 2.24. The molecule has 1 aliphatic rings. The quantitative estimate of drug-likeness (QED) is 0.886. The lowest BCUT2D eigenvalue weighted by Crippen LogP contribution is -2.44. The zero-order valence-corrected chi connectivity index (χ0v) is 15.3. The van der Waals surface area contributed by atoms with Gasteiger partial charge in [-0.15, -0.1) is 24.8 Å². The lowest BCUT2D eigenvalue weighted by atomic mass is 10.0. The van der Waals surface area contributed by atoms with Crippen molar-refractivity contribution in [2.75, 3.05) is 26.7 Å². The molecule has 5 nitrogen and oxygen atoms in total. The van der Waals surface area contributed by atoms with Gasteiger partial charge < -0.3 is 14.8 Å². The summed E-state index contributed by atoms with van der Waals surface area (Å²) in [5.41, 5.74) is 0. The molecule has 0 aromatic carbocycles. The predicted octanol–water partition coefficient (Wildman–Crippen LogP) is 2.31. The van der Waals surface area contributed by atoms with Crippen molar-refractivity contribution in [3.05, 3.63) is 18.2 Å². The van der Waals surface area contributed by atoms with Crippen LogP contribution in [0.1, 0.15) is 38.6 Å². The number of carbonyl (C=O) groups excluding carboxylic acids is 1. The Hall–Kier alpha value is -0.780. The van der Waals surface area contributed by atoms with Crippen molar-refractivity contribution < 1.29 is 4.79 Å². The predicted molar refractivity (Wildman–Crippen MR) is 94.0 cm³/mol. The highest BCUT2D eigenvalue weighted by atomic mass is 35.5. The Balaban J connectivity index is 0.00000220. The van der Waals surface area contributed by atoms with Crippen LogP contribution in [-0.4, -0.2) is 47.0 Å².